The predicted molar refractivity (Wildman–Crippen MR) is 116 cm³/mol. The number of aliphatic hydroxyl groups excluding tert-OH is 1. The summed E-state index contributed by atoms with van der Waals surface area (Å²) in [6, 6.07) is -0.191. The summed E-state index contributed by atoms with van der Waals surface area (Å²) in [7, 11) is 5.25. The van der Waals surface area contributed by atoms with Crippen LogP contribution in [0.2, 0.25) is 0 Å². The van der Waals surface area contributed by atoms with E-state index in [0.717, 1.165) is 25.9 Å². The third kappa shape index (κ3) is 1.85. The van der Waals surface area contributed by atoms with Crippen molar-refractivity contribution in [2.75, 3.05) is 41.2 Å². The molecule has 7 fully saturated rings. The molecule has 5 saturated carbocycles. The SMILES string of the molecule is CCN1C[C@]2(C)CC[C@H](OC)[C@]34[C@@H]2[C@H](O)[C@@]2(OCO[C@@]25C[C@H](OC)[C@H]2C[C@]3(O)C5[C@H]2OC)[C@@H]14. The van der Waals surface area contributed by atoms with Gasteiger partial charge in [-0.2, -0.15) is 0 Å². The smallest absolute Gasteiger partial charge is 0.148 e. The molecule has 7 aliphatic rings. The Hall–Kier alpha value is -0.320. The summed E-state index contributed by atoms with van der Waals surface area (Å²) in [6.45, 7) is 6.32. The van der Waals surface area contributed by atoms with Gasteiger partial charge in [-0.1, -0.05) is 13.8 Å². The Morgan fingerprint density at radius 3 is 2.52 bits per heavy atom. The van der Waals surface area contributed by atoms with Crippen LogP contribution >= 0.6 is 0 Å². The summed E-state index contributed by atoms with van der Waals surface area (Å²) < 4.78 is 31.8. The van der Waals surface area contributed by atoms with Crippen LogP contribution in [-0.4, -0.2) is 104 Å². The largest absolute Gasteiger partial charge is 0.390 e. The van der Waals surface area contributed by atoms with Gasteiger partial charge in [0.15, 0.2) is 0 Å². The Balaban J connectivity index is 1.60. The van der Waals surface area contributed by atoms with Crippen LogP contribution in [-0.2, 0) is 23.7 Å². The molecule has 2 saturated heterocycles. The Morgan fingerprint density at radius 1 is 1.06 bits per heavy atom. The van der Waals surface area contributed by atoms with Gasteiger partial charge < -0.3 is 33.9 Å². The molecule has 0 aromatic heterocycles. The van der Waals surface area contributed by atoms with E-state index >= 15 is 0 Å². The first kappa shape index (κ1) is 21.9. The van der Waals surface area contributed by atoms with Gasteiger partial charge in [0.25, 0.3) is 0 Å². The van der Waals surface area contributed by atoms with E-state index in [1.807, 2.05) is 0 Å². The number of hydrogen-bond acceptors (Lipinski definition) is 8. The second kappa shape index (κ2) is 6.32. The van der Waals surface area contributed by atoms with E-state index in [2.05, 4.69) is 18.7 Å². The van der Waals surface area contributed by atoms with E-state index in [1.54, 1.807) is 21.3 Å². The molecule has 2 heterocycles. The molecule has 0 radical (unpaired) electrons. The normalized spacial score (nSPS) is 64.8. The molecule has 8 heteroatoms. The van der Waals surface area contributed by atoms with Gasteiger partial charge in [0.05, 0.1) is 41.5 Å². The second-order valence-electron chi connectivity index (χ2n) is 12.3. The van der Waals surface area contributed by atoms with Crippen molar-refractivity contribution >= 4 is 0 Å². The molecule has 186 valence electrons. The molecule has 0 aromatic carbocycles. The highest BCUT2D eigenvalue weighted by Gasteiger charge is 2.96. The van der Waals surface area contributed by atoms with Crippen LogP contribution in [0.15, 0.2) is 0 Å². The molecule has 7 rings (SSSR count). The average molecular weight is 466 g/mol. The molecule has 0 amide bonds. The Morgan fingerprint density at radius 2 is 1.85 bits per heavy atom. The Kier molecular flexibility index (Phi) is 4.20. The van der Waals surface area contributed by atoms with Crippen molar-refractivity contribution < 1.29 is 33.9 Å². The number of nitrogens with zero attached hydrogens (tertiary/aromatic N) is 1. The van der Waals surface area contributed by atoms with Gasteiger partial charge in [-0.05, 0) is 31.2 Å². The van der Waals surface area contributed by atoms with Crippen molar-refractivity contribution in [1.29, 1.82) is 0 Å². The molecule has 13 atom stereocenters. The van der Waals surface area contributed by atoms with Gasteiger partial charge in [-0.15, -0.1) is 0 Å². The lowest BCUT2D eigenvalue weighted by Gasteiger charge is -2.72. The third-order valence-corrected chi connectivity index (χ3v) is 11.9. The number of methoxy groups -OCH3 is 3. The highest BCUT2D eigenvalue weighted by atomic mass is 16.7. The van der Waals surface area contributed by atoms with E-state index in [1.165, 1.54) is 0 Å². The molecule has 2 N–H and O–H groups in total. The van der Waals surface area contributed by atoms with E-state index in [-0.39, 0.29) is 54.3 Å². The van der Waals surface area contributed by atoms with E-state index in [0.29, 0.717) is 12.8 Å². The number of likely N-dealkylation sites (N-methyl/N-ethyl adjacent to an activating group) is 1. The zero-order chi connectivity index (χ0) is 23.2. The molecule has 3 spiro atoms. The molecular weight excluding hydrogens is 426 g/mol. The summed E-state index contributed by atoms with van der Waals surface area (Å²) in [5.74, 6) is -0.376. The van der Waals surface area contributed by atoms with Crippen LogP contribution in [0.25, 0.3) is 0 Å². The lowest BCUT2D eigenvalue weighted by molar-refractivity contribution is -0.332. The third-order valence-electron chi connectivity index (χ3n) is 11.9. The second-order valence-corrected chi connectivity index (χ2v) is 12.3. The standard InChI is InChI=1S/C25H39NO7/c1-6-26-11-21(2)8-7-15(30-4)24-18(21)19(27)25(20(24)26)23(32-12-33-25)10-14(29-3)13-9-22(24,28)17(23)16(13)31-5/h13-20,27-28H,6-12H2,1-5H3/t13-,14+,15+,16+,17?,18-,19+,20+,21+,22+,23-,24-,25-/m1/s1. The molecule has 1 unspecified atom stereocenters. The summed E-state index contributed by atoms with van der Waals surface area (Å²) in [5, 5.41) is 25.6. The summed E-state index contributed by atoms with van der Waals surface area (Å²) in [5.41, 5.74) is -3.76. The van der Waals surface area contributed by atoms with Crippen LogP contribution in [0.5, 0.6) is 0 Å². The van der Waals surface area contributed by atoms with Crippen molar-refractivity contribution in [3.05, 3.63) is 0 Å². The van der Waals surface area contributed by atoms with Gasteiger partial charge in [0.2, 0.25) is 0 Å². The zero-order valence-electron chi connectivity index (χ0n) is 20.5. The molecule has 0 aromatic rings. The summed E-state index contributed by atoms with van der Waals surface area (Å²) >= 11 is 0. The minimum absolute atomic E-state index is 0.0641. The van der Waals surface area contributed by atoms with E-state index in [4.69, 9.17) is 23.7 Å². The average Bonchev–Trinajstić information content (AvgIpc) is 3.35. The fourth-order valence-electron chi connectivity index (χ4n) is 11.5. The first-order chi connectivity index (χ1) is 15.8. The molecule has 7 bridgehead atoms. The fraction of sp³-hybridized carbons (Fsp3) is 1.00. The van der Waals surface area contributed by atoms with Crippen molar-refractivity contribution in [2.24, 2.45) is 28.6 Å². The maximum atomic E-state index is 13.2. The van der Waals surface area contributed by atoms with Crippen molar-refractivity contribution in [1.82, 2.24) is 4.90 Å². The summed E-state index contributed by atoms with van der Waals surface area (Å²) in [4.78, 5) is 2.48. The highest BCUT2D eigenvalue weighted by Crippen LogP contribution is 2.83. The number of ether oxygens (including phenoxy) is 5. The van der Waals surface area contributed by atoms with Gasteiger partial charge in [-0.3, -0.25) is 4.90 Å². The number of likely N-dealkylation sites (tertiary alicyclic amines) is 1. The Labute approximate surface area is 195 Å². The Bertz CT molecular complexity index is 874. The minimum atomic E-state index is -1.12. The van der Waals surface area contributed by atoms with Crippen molar-refractivity contribution in [3.8, 4) is 0 Å². The lowest BCUT2D eigenvalue weighted by Crippen LogP contribution is -2.85. The van der Waals surface area contributed by atoms with Gasteiger partial charge in [-0.25, -0.2) is 0 Å². The van der Waals surface area contributed by atoms with Crippen LogP contribution in [0.3, 0.4) is 0 Å². The quantitative estimate of drug-likeness (QED) is 0.630. The van der Waals surface area contributed by atoms with Crippen LogP contribution in [0.1, 0.15) is 39.5 Å². The van der Waals surface area contributed by atoms with Crippen LogP contribution in [0.4, 0.5) is 0 Å². The molecule has 8 nitrogen and oxygen atoms in total. The number of rotatable bonds is 4. The van der Waals surface area contributed by atoms with Crippen LogP contribution in [0, 0.1) is 28.6 Å². The summed E-state index contributed by atoms with van der Waals surface area (Å²) in [6.07, 6.45) is 1.72. The van der Waals surface area contributed by atoms with E-state index in [9.17, 15) is 10.2 Å². The monoisotopic (exact) mass is 465 g/mol. The number of piperidine rings is 1. The molecule has 5 aliphatic carbocycles. The predicted octanol–water partition coefficient (Wildman–Crippen LogP) is 0.779. The van der Waals surface area contributed by atoms with E-state index < -0.39 is 28.3 Å². The fourth-order valence-corrected chi connectivity index (χ4v) is 11.5. The van der Waals surface area contributed by atoms with Gasteiger partial charge in [0, 0.05) is 52.0 Å². The molecule has 2 aliphatic heterocycles. The zero-order valence-corrected chi connectivity index (χ0v) is 20.5. The maximum Gasteiger partial charge on any atom is 0.148 e. The first-order valence-corrected chi connectivity index (χ1v) is 12.8. The van der Waals surface area contributed by atoms with Crippen molar-refractivity contribution in [3.63, 3.8) is 0 Å². The first-order valence-electron chi connectivity index (χ1n) is 12.8. The highest BCUT2D eigenvalue weighted by molar-refractivity contribution is 5.46. The van der Waals surface area contributed by atoms with Gasteiger partial charge in [0.1, 0.15) is 18.0 Å². The van der Waals surface area contributed by atoms with Gasteiger partial charge >= 0.3 is 0 Å². The minimum Gasteiger partial charge on any atom is -0.390 e. The molecular formula is C25H39NO7. The number of fused-ring (bicyclic) bond motifs is 1. The maximum absolute atomic E-state index is 13.2. The van der Waals surface area contributed by atoms with Crippen LogP contribution < -0.4 is 0 Å². The lowest BCUT2D eigenvalue weighted by atomic mass is 9.41. The number of aliphatic hydroxyl groups is 2. The van der Waals surface area contributed by atoms with Crippen molar-refractivity contribution in [2.45, 2.75) is 86.8 Å². The topological polar surface area (TPSA) is 89.9 Å². The molecule has 33 heavy (non-hydrogen) atoms. The number of hydrogen-bond donors (Lipinski definition) is 2.